The molecule has 0 saturated heterocycles. The molecule has 1 unspecified atom stereocenters. The number of halogens is 1. The van der Waals surface area contributed by atoms with E-state index in [1.165, 1.54) is 13.0 Å². The molecule has 0 radical (unpaired) electrons. The summed E-state index contributed by atoms with van der Waals surface area (Å²) in [6, 6.07) is 4.46. The maximum atomic E-state index is 11.8. The monoisotopic (exact) mass is 402 g/mol. The molecule has 1 rings (SSSR count). The van der Waals surface area contributed by atoms with Crippen LogP contribution in [0.5, 0.6) is 5.75 Å². The maximum absolute atomic E-state index is 11.8. The van der Waals surface area contributed by atoms with E-state index in [-0.39, 0.29) is 5.69 Å². The second kappa shape index (κ2) is 7.68. The standard InChI is InChI=1S/C13H15IN4O3/c1-3-17-13(20)18-12(19)7(2)21-11-9(14)4-8(6-15)5-10(11)16/h4-5,7H,3,16H2,1-2H3,(H2,17,18,19,20). The molecule has 0 aliphatic heterocycles. The molecule has 1 aromatic carbocycles. The lowest BCUT2D eigenvalue weighted by molar-refractivity contribution is -0.126. The van der Waals surface area contributed by atoms with Gasteiger partial charge in [-0.1, -0.05) is 0 Å². The van der Waals surface area contributed by atoms with Crippen molar-refractivity contribution in [1.82, 2.24) is 10.6 Å². The van der Waals surface area contributed by atoms with E-state index in [1.807, 2.05) is 28.7 Å². The van der Waals surface area contributed by atoms with Gasteiger partial charge in [-0.15, -0.1) is 0 Å². The molecule has 8 heteroatoms. The van der Waals surface area contributed by atoms with Gasteiger partial charge in [0.1, 0.15) is 0 Å². The minimum Gasteiger partial charge on any atom is -0.478 e. The number of nitrogen functional groups attached to an aromatic ring is 1. The zero-order valence-corrected chi connectivity index (χ0v) is 13.7. The third kappa shape index (κ3) is 4.78. The average molecular weight is 402 g/mol. The number of hydrogen-bond acceptors (Lipinski definition) is 5. The van der Waals surface area contributed by atoms with Crippen molar-refractivity contribution >= 4 is 40.2 Å². The number of imide groups is 1. The summed E-state index contributed by atoms with van der Waals surface area (Å²) < 4.78 is 6.10. The first-order valence-corrected chi connectivity index (χ1v) is 7.21. The highest BCUT2D eigenvalue weighted by Crippen LogP contribution is 2.30. The number of carbonyl (C=O) groups is 2. The summed E-state index contributed by atoms with van der Waals surface area (Å²) in [7, 11) is 0. The zero-order chi connectivity index (χ0) is 16.0. The second-order valence-corrected chi connectivity index (χ2v) is 5.26. The third-order valence-electron chi connectivity index (χ3n) is 2.44. The molecule has 0 aliphatic carbocycles. The van der Waals surface area contributed by atoms with E-state index in [0.717, 1.165) is 0 Å². The number of carbonyl (C=O) groups excluding carboxylic acids is 2. The number of urea groups is 1. The fourth-order valence-electron chi connectivity index (χ4n) is 1.45. The molecule has 21 heavy (non-hydrogen) atoms. The fourth-order valence-corrected chi connectivity index (χ4v) is 2.23. The predicted molar refractivity (Wildman–Crippen MR) is 85.6 cm³/mol. The van der Waals surface area contributed by atoms with Crippen molar-refractivity contribution in [2.45, 2.75) is 20.0 Å². The van der Waals surface area contributed by atoms with E-state index in [4.69, 9.17) is 15.7 Å². The van der Waals surface area contributed by atoms with Gasteiger partial charge in [0.15, 0.2) is 11.9 Å². The highest BCUT2D eigenvalue weighted by atomic mass is 127. The lowest BCUT2D eigenvalue weighted by Crippen LogP contribution is -2.45. The van der Waals surface area contributed by atoms with Gasteiger partial charge in [0.25, 0.3) is 5.91 Å². The molecule has 112 valence electrons. The smallest absolute Gasteiger partial charge is 0.321 e. The van der Waals surface area contributed by atoms with Gasteiger partial charge in [0, 0.05) is 6.54 Å². The topological polar surface area (TPSA) is 117 Å². The number of nitriles is 1. The lowest BCUT2D eigenvalue weighted by Gasteiger charge is -2.17. The lowest BCUT2D eigenvalue weighted by atomic mass is 10.2. The summed E-state index contributed by atoms with van der Waals surface area (Å²) in [5, 5.41) is 13.4. The number of amides is 3. The molecule has 1 atom stereocenters. The summed E-state index contributed by atoms with van der Waals surface area (Å²) in [6.07, 6.45) is -0.906. The molecular weight excluding hydrogens is 387 g/mol. The summed E-state index contributed by atoms with van der Waals surface area (Å²) in [5.74, 6) is -0.270. The minimum absolute atomic E-state index is 0.260. The summed E-state index contributed by atoms with van der Waals surface area (Å²) >= 11 is 1.96. The summed E-state index contributed by atoms with van der Waals surface area (Å²) in [4.78, 5) is 23.1. The summed E-state index contributed by atoms with van der Waals surface area (Å²) in [5.41, 5.74) is 6.47. The van der Waals surface area contributed by atoms with Gasteiger partial charge in [-0.2, -0.15) is 5.26 Å². The highest BCUT2D eigenvalue weighted by Gasteiger charge is 2.20. The Labute approximate surface area is 136 Å². The van der Waals surface area contributed by atoms with Crippen molar-refractivity contribution < 1.29 is 14.3 Å². The van der Waals surface area contributed by atoms with E-state index >= 15 is 0 Å². The first-order chi connectivity index (χ1) is 9.88. The van der Waals surface area contributed by atoms with E-state index in [2.05, 4.69) is 10.6 Å². The van der Waals surface area contributed by atoms with E-state index < -0.39 is 18.0 Å². The van der Waals surface area contributed by atoms with Crippen LogP contribution in [-0.4, -0.2) is 24.6 Å². The second-order valence-electron chi connectivity index (χ2n) is 4.10. The Bertz CT molecular complexity index is 575. The molecule has 0 saturated carbocycles. The molecule has 0 bridgehead atoms. The van der Waals surface area contributed by atoms with Crippen molar-refractivity contribution in [1.29, 1.82) is 5.26 Å². The Morgan fingerprint density at radius 1 is 1.52 bits per heavy atom. The molecule has 0 aliphatic rings. The van der Waals surface area contributed by atoms with Crippen molar-refractivity contribution in [2.75, 3.05) is 12.3 Å². The van der Waals surface area contributed by atoms with Crippen molar-refractivity contribution in [3.8, 4) is 11.8 Å². The molecule has 7 nitrogen and oxygen atoms in total. The van der Waals surface area contributed by atoms with Crippen LogP contribution >= 0.6 is 22.6 Å². The fraction of sp³-hybridized carbons (Fsp3) is 0.308. The van der Waals surface area contributed by atoms with E-state index in [0.29, 0.717) is 21.4 Å². The molecule has 0 aromatic heterocycles. The molecule has 1 aromatic rings. The molecule has 0 spiro atoms. The van der Waals surface area contributed by atoms with Crippen LogP contribution in [0.2, 0.25) is 0 Å². The van der Waals surface area contributed by atoms with Crippen LogP contribution in [0.3, 0.4) is 0 Å². The number of nitrogens with two attached hydrogens (primary N) is 1. The van der Waals surface area contributed by atoms with Crippen LogP contribution in [-0.2, 0) is 4.79 Å². The highest BCUT2D eigenvalue weighted by molar-refractivity contribution is 14.1. The Kier molecular flexibility index (Phi) is 6.23. The Morgan fingerprint density at radius 2 is 2.19 bits per heavy atom. The van der Waals surface area contributed by atoms with Gasteiger partial charge in [0.2, 0.25) is 0 Å². The Morgan fingerprint density at radius 3 is 2.71 bits per heavy atom. The quantitative estimate of drug-likeness (QED) is 0.519. The first kappa shape index (κ1) is 17.0. The third-order valence-corrected chi connectivity index (χ3v) is 3.24. The number of benzene rings is 1. The van der Waals surface area contributed by atoms with Crippen LogP contribution in [0, 0.1) is 14.9 Å². The normalized spacial score (nSPS) is 11.1. The van der Waals surface area contributed by atoms with Gasteiger partial charge in [0.05, 0.1) is 20.9 Å². The molecule has 0 heterocycles. The largest absolute Gasteiger partial charge is 0.478 e. The van der Waals surface area contributed by atoms with Crippen molar-refractivity contribution in [3.63, 3.8) is 0 Å². The maximum Gasteiger partial charge on any atom is 0.321 e. The van der Waals surface area contributed by atoms with Crippen LogP contribution < -0.4 is 21.1 Å². The number of rotatable bonds is 4. The number of nitrogens with one attached hydrogen (secondary N) is 2. The molecular formula is C13H15IN4O3. The van der Waals surface area contributed by atoms with Crippen molar-refractivity contribution in [2.24, 2.45) is 0 Å². The van der Waals surface area contributed by atoms with Gasteiger partial charge < -0.3 is 15.8 Å². The van der Waals surface area contributed by atoms with Gasteiger partial charge in [-0.05, 0) is 48.6 Å². The first-order valence-electron chi connectivity index (χ1n) is 6.13. The average Bonchev–Trinajstić information content (AvgIpc) is 2.42. The zero-order valence-electron chi connectivity index (χ0n) is 11.6. The molecule has 4 N–H and O–H groups in total. The molecule has 3 amide bonds. The SMILES string of the molecule is CCNC(=O)NC(=O)C(C)Oc1c(N)cc(C#N)cc1I. The van der Waals surface area contributed by atoms with Crippen LogP contribution in [0.15, 0.2) is 12.1 Å². The van der Waals surface area contributed by atoms with Gasteiger partial charge in [-0.3, -0.25) is 10.1 Å². The molecule has 0 fully saturated rings. The predicted octanol–water partition coefficient (Wildman–Crippen LogP) is 1.36. The van der Waals surface area contributed by atoms with Crippen LogP contribution in [0.25, 0.3) is 0 Å². The van der Waals surface area contributed by atoms with Gasteiger partial charge >= 0.3 is 6.03 Å². The summed E-state index contributed by atoms with van der Waals surface area (Å²) in [6.45, 7) is 3.65. The van der Waals surface area contributed by atoms with Crippen LogP contribution in [0.1, 0.15) is 19.4 Å². The number of anilines is 1. The van der Waals surface area contributed by atoms with Crippen molar-refractivity contribution in [3.05, 3.63) is 21.3 Å². The number of ether oxygens (including phenoxy) is 1. The number of nitrogens with zero attached hydrogens (tertiary/aromatic N) is 1. The Hall–Kier alpha value is -2.02. The van der Waals surface area contributed by atoms with E-state index in [9.17, 15) is 9.59 Å². The minimum atomic E-state index is -0.906. The number of hydrogen-bond donors (Lipinski definition) is 3. The van der Waals surface area contributed by atoms with Crippen LogP contribution in [0.4, 0.5) is 10.5 Å². The van der Waals surface area contributed by atoms with Gasteiger partial charge in [-0.25, -0.2) is 4.79 Å². The Balaban J connectivity index is 2.80. The van der Waals surface area contributed by atoms with E-state index in [1.54, 1.807) is 13.0 Å².